The number of halogens is 1. The number of hydrogen-bond donors (Lipinski definition) is 1. The van der Waals surface area contributed by atoms with E-state index in [-0.39, 0.29) is 0 Å². The lowest BCUT2D eigenvalue weighted by atomic mass is 9.78. The smallest absolute Gasteiger partial charge is 0.182 e. The molecule has 2 aromatic rings. The predicted octanol–water partition coefficient (Wildman–Crippen LogP) is 3.57. The summed E-state index contributed by atoms with van der Waals surface area (Å²) in [5.41, 5.74) is 7.37. The normalized spacial score (nSPS) is 26.0. The summed E-state index contributed by atoms with van der Waals surface area (Å²) < 4.78 is 1.95. The van der Waals surface area contributed by atoms with Crippen LogP contribution in [0.5, 0.6) is 0 Å². The average Bonchev–Trinajstić information content (AvgIpc) is 2.90. The van der Waals surface area contributed by atoms with Crippen LogP contribution in [0.1, 0.15) is 39.2 Å². The van der Waals surface area contributed by atoms with Crippen molar-refractivity contribution in [3.63, 3.8) is 0 Å². The minimum absolute atomic E-state index is 0.332. The highest BCUT2D eigenvalue weighted by Gasteiger charge is 2.31. The van der Waals surface area contributed by atoms with Crippen molar-refractivity contribution in [3.8, 4) is 11.4 Å². The Bertz CT molecular complexity index is 618. The van der Waals surface area contributed by atoms with E-state index in [0.29, 0.717) is 28.6 Å². The van der Waals surface area contributed by atoms with Crippen molar-refractivity contribution < 1.29 is 0 Å². The van der Waals surface area contributed by atoms with Crippen molar-refractivity contribution in [1.82, 2.24) is 20.2 Å². The fourth-order valence-electron chi connectivity index (χ4n) is 3.25. The summed E-state index contributed by atoms with van der Waals surface area (Å²) in [5.74, 6) is 1.98. The number of nitrogen functional groups attached to an aromatic ring is 1. The molecule has 3 unspecified atom stereocenters. The van der Waals surface area contributed by atoms with Crippen molar-refractivity contribution in [2.24, 2.45) is 11.8 Å². The minimum atomic E-state index is 0.332. The largest absolute Gasteiger partial charge is 0.399 e. The van der Waals surface area contributed by atoms with Gasteiger partial charge in [0.05, 0.1) is 6.04 Å². The van der Waals surface area contributed by atoms with E-state index in [1.54, 1.807) is 6.07 Å². The molecule has 1 fully saturated rings. The Balaban J connectivity index is 2.00. The molecule has 1 saturated carbocycles. The number of tetrazole rings is 1. The minimum Gasteiger partial charge on any atom is -0.399 e. The van der Waals surface area contributed by atoms with Gasteiger partial charge in [-0.2, -0.15) is 0 Å². The highest BCUT2D eigenvalue weighted by molar-refractivity contribution is 6.31. The Labute approximate surface area is 129 Å². The zero-order valence-corrected chi connectivity index (χ0v) is 13.1. The maximum atomic E-state index is 6.10. The van der Waals surface area contributed by atoms with Gasteiger partial charge >= 0.3 is 0 Å². The summed E-state index contributed by atoms with van der Waals surface area (Å²) in [7, 11) is 0. The number of aromatic nitrogens is 4. The average molecular weight is 306 g/mol. The Kier molecular flexibility index (Phi) is 3.85. The molecule has 3 atom stereocenters. The van der Waals surface area contributed by atoms with Crippen molar-refractivity contribution >= 4 is 17.3 Å². The van der Waals surface area contributed by atoms with Gasteiger partial charge in [0, 0.05) is 16.3 Å². The summed E-state index contributed by atoms with van der Waals surface area (Å²) >= 11 is 6.10. The van der Waals surface area contributed by atoms with E-state index >= 15 is 0 Å². The van der Waals surface area contributed by atoms with E-state index in [0.717, 1.165) is 17.8 Å². The first kappa shape index (κ1) is 14.3. The van der Waals surface area contributed by atoms with E-state index in [4.69, 9.17) is 17.3 Å². The van der Waals surface area contributed by atoms with Crippen LogP contribution in [0, 0.1) is 11.8 Å². The molecular weight excluding hydrogens is 286 g/mol. The van der Waals surface area contributed by atoms with Crippen LogP contribution in [0.15, 0.2) is 18.2 Å². The zero-order valence-electron chi connectivity index (χ0n) is 12.3. The van der Waals surface area contributed by atoms with Gasteiger partial charge in [0.2, 0.25) is 0 Å². The van der Waals surface area contributed by atoms with Gasteiger partial charge < -0.3 is 5.73 Å². The van der Waals surface area contributed by atoms with Crippen molar-refractivity contribution in [2.75, 3.05) is 5.73 Å². The van der Waals surface area contributed by atoms with Crippen molar-refractivity contribution in [1.29, 1.82) is 0 Å². The molecule has 0 aliphatic heterocycles. The number of nitrogens with two attached hydrogens (primary N) is 1. The maximum absolute atomic E-state index is 6.10. The van der Waals surface area contributed by atoms with Crippen LogP contribution in [0.25, 0.3) is 11.4 Å². The predicted molar refractivity (Wildman–Crippen MR) is 83.9 cm³/mol. The molecule has 6 heteroatoms. The third kappa shape index (κ3) is 2.75. The molecule has 0 saturated heterocycles. The van der Waals surface area contributed by atoms with E-state index in [1.807, 2.05) is 16.8 Å². The molecule has 2 N–H and O–H groups in total. The zero-order chi connectivity index (χ0) is 15.0. The van der Waals surface area contributed by atoms with Crippen LogP contribution in [0.3, 0.4) is 0 Å². The summed E-state index contributed by atoms with van der Waals surface area (Å²) in [5, 5.41) is 12.9. The van der Waals surface area contributed by atoms with E-state index in [9.17, 15) is 0 Å². The topological polar surface area (TPSA) is 69.6 Å². The summed E-state index contributed by atoms with van der Waals surface area (Å²) in [4.78, 5) is 0. The first-order valence-electron chi connectivity index (χ1n) is 7.40. The summed E-state index contributed by atoms with van der Waals surface area (Å²) in [6, 6.07) is 5.78. The quantitative estimate of drug-likeness (QED) is 0.861. The summed E-state index contributed by atoms with van der Waals surface area (Å²) in [6.45, 7) is 4.59. The van der Waals surface area contributed by atoms with Gasteiger partial charge in [-0.05, 0) is 46.9 Å². The lowest BCUT2D eigenvalue weighted by Crippen LogP contribution is -2.28. The first-order valence-corrected chi connectivity index (χ1v) is 7.78. The van der Waals surface area contributed by atoms with Crippen LogP contribution in [0.4, 0.5) is 5.69 Å². The molecule has 1 aromatic carbocycles. The highest BCUT2D eigenvalue weighted by atomic mass is 35.5. The number of anilines is 1. The van der Waals surface area contributed by atoms with Gasteiger partial charge in [0.25, 0.3) is 0 Å². The van der Waals surface area contributed by atoms with Crippen molar-refractivity contribution in [2.45, 2.75) is 39.2 Å². The van der Waals surface area contributed by atoms with Crippen LogP contribution < -0.4 is 5.73 Å². The second-order valence-electron chi connectivity index (χ2n) is 6.05. The SMILES string of the molecule is CC1CCCC(n2nnnc2-c2cc(N)cc(Cl)c2)C1C. The molecule has 1 aromatic heterocycles. The molecule has 1 heterocycles. The van der Waals surface area contributed by atoms with Crippen LogP contribution in [-0.2, 0) is 0 Å². The van der Waals surface area contributed by atoms with E-state index < -0.39 is 0 Å². The molecule has 1 aliphatic carbocycles. The number of nitrogens with zero attached hydrogens (tertiary/aromatic N) is 4. The fourth-order valence-corrected chi connectivity index (χ4v) is 3.49. The Morgan fingerprint density at radius 3 is 2.81 bits per heavy atom. The fraction of sp³-hybridized carbons (Fsp3) is 0.533. The second-order valence-corrected chi connectivity index (χ2v) is 6.49. The molecule has 3 rings (SSSR count). The molecule has 0 radical (unpaired) electrons. The third-order valence-corrected chi connectivity index (χ3v) is 4.87. The molecule has 5 nitrogen and oxygen atoms in total. The Hall–Kier alpha value is -1.62. The molecular formula is C15H20ClN5. The second kappa shape index (κ2) is 5.64. The summed E-state index contributed by atoms with van der Waals surface area (Å²) in [6.07, 6.45) is 3.60. The van der Waals surface area contributed by atoms with Gasteiger partial charge in [-0.25, -0.2) is 4.68 Å². The Morgan fingerprint density at radius 2 is 2.05 bits per heavy atom. The monoisotopic (exact) mass is 305 g/mol. The van der Waals surface area contributed by atoms with Gasteiger partial charge in [0.15, 0.2) is 5.82 Å². The van der Waals surface area contributed by atoms with Crippen LogP contribution in [-0.4, -0.2) is 20.2 Å². The number of benzene rings is 1. The van der Waals surface area contributed by atoms with E-state index in [2.05, 4.69) is 29.4 Å². The van der Waals surface area contributed by atoms with Gasteiger partial charge in [-0.3, -0.25) is 0 Å². The van der Waals surface area contributed by atoms with E-state index in [1.165, 1.54) is 12.8 Å². The maximum Gasteiger partial charge on any atom is 0.182 e. The molecule has 21 heavy (non-hydrogen) atoms. The third-order valence-electron chi connectivity index (χ3n) is 4.65. The Morgan fingerprint density at radius 1 is 1.24 bits per heavy atom. The number of rotatable bonds is 2. The van der Waals surface area contributed by atoms with Gasteiger partial charge in [-0.15, -0.1) is 5.10 Å². The number of hydrogen-bond acceptors (Lipinski definition) is 4. The van der Waals surface area contributed by atoms with Crippen LogP contribution in [0.2, 0.25) is 5.02 Å². The standard InChI is InChI=1S/C15H20ClN5/c1-9-4-3-5-14(10(9)2)21-15(18-19-20-21)11-6-12(16)8-13(17)7-11/h6-10,14H,3-5,17H2,1-2H3. The lowest BCUT2D eigenvalue weighted by molar-refractivity contribution is 0.174. The van der Waals surface area contributed by atoms with Crippen LogP contribution >= 0.6 is 11.6 Å². The lowest BCUT2D eigenvalue weighted by Gasteiger charge is -2.34. The first-order chi connectivity index (χ1) is 10.1. The molecule has 0 bridgehead atoms. The molecule has 112 valence electrons. The molecule has 0 amide bonds. The van der Waals surface area contributed by atoms with Gasteiger partial charge in [0.1, 0.15) is 0 Å². The van der Waals surface area contributed by atoms with Crippen molar-refractivity contribution in [3.05, 3.63) is 23.2 Å². The molecule has 1 aliphatic rings. The molecule has 0 spiro atoms. The highest BCUT2D eigenvalue weighted by Crippen LogP contribution is 2.39. The van der Waals surface area contributed by atoms with Gasteiger partial charge in [-0.1, -0.05) is 38.3 Å².